The number of amides is 1. The van der Waals surface area contributed by atoms with E-state index in [2.05, 4.69) is 22.0 Å². The number of halogens is 1. The summed E-state index contributed by atoms with van der Waals surface area (Å²) >= 11 is 7.76. The molecule has 26 heavy (non-hydrogen) atoms. The number of H-pyrrole nitrogens is 1. The molecule has 1 amide bonds. The summed E-state index contributed by atoms with van der Waals surface area (Å²) < 4.78 is 0. The van der Waals surface area contributed by atoms with Crippen molar-refractivity contribution in [1.82, 2.24) is 9.88 Å². The number of carbonyl (C=O) groups excluding carboxylic acids is 1. The second-order valence-electron chi connectivity index (χ2n) is 6.21. The van der Waals surface area contributed by atoms with E-state index in [1.165, 1.54) is 5.56 Å². The molecule has 2 heterocycles. The number of nitrogens with zero attached hydrogens (tertiary/aromatic N) is 1. The topological polar surface area (TPSA) is 62.1 Å². The van der Waals surface area contributed by atoms with E-state index in [9.17, 15) is 4.79 Å². The van der Waals surface area contributed by atoms with Gasteiger partial charge in [0.25, 0.3) is 5.91 Å². The minimum atomic E-state index is -0.391. The molecule has 0 bridgehead atoms. The summed E-state index contributed by atoms with van der Waals surface area (Å²) in [5, 5.41) is 3.76. The molecule has 0 saturated carbocycles. The van der Waals surface area contributed by atoms with Gasteiger partial charge in [0.2, 0.25) is 0 Å². The number of fused-ring (bicyclic) bond motifs is 1. The Morgan fingerprint density at radius 1 is 1.23 bits per heavy atom. The fraction of sp³-hybridized carbons (Fsp3) is 0.150. The van der Waals surface area contributed by atoms with E-state index in [-0.39, 0.29) is 5.37 Å². The van der Waals surface area contributed by atoms with Crippen LogP contribution in [0, 0.1) is 0 Å². The summed E-state index contributed by atoms with van der Waals surface area (Å²) in [4.78, 5) is 17.3. The molecular weight excluding hydrogens is 366 g/mol. The van der Waals surface area contributed by atoms with Gasteiger partial charge < -0.3 is 15.6 Å². The van der Waals surface area contributed by atoms with Crippen LogP contribution in [0.15, 0.2) is 65.8 Å². The summed E-state index contributed by atoms with van der Waals surface area (Å²) in [5.74, 6) is -0.391. The van der Waals surface area contributed by atoms with Gasteiger partial charge in [0.1, 0.15) is 11.1 Å². The number of primary amides is 1. The normalized spacial score (nSPS) is 16.9. The average Bonchev–Trinajstić information content (AvgIpc) is 3.24. The number of rotatable bonds is 5. The first kappa shape index (κ1) is 17.1. The van der Waals surface area contributed by atoms with E-state index in [0.717, 1.165) is 27.9 Å². The van der Waals surface area contributed by atoms with Gasteiger partial charge in [0, 0.05) is 34.1 Å². The van der Waals surface area contributed by atoms with Crippen molar-refractivity contribution < 1.29 is 4.79 Å². The molecule has 0 fully saturated rings. The van der Waals surface area contributed by atoms with E-state index in [0.29, 0.717) is 12.2 Å². The Hall–Kier alpha value is -2.37. The van der Waals surface area contributed by atoms with Crippen LogP contribution < -0.4 is 5.73 Å². The fourth-order valence-corrected chi connectivity index (χ4v) is 4.67. The number of aromatic amines is 1. The Kier molecular flexibility index (Phi) is 4.66. The summed E-state index contributed by atoms with van der Waals surface area (Å²) in [6.45, 7) is 0.695. The number of carbonyl (C=O) groups is 1. The Morgan fingerprint density at radius 3 is 2.81 bits per heavy atom. The molecule has 6 heteroatoms. The third-order valence-electron chi connectivity index (χ3n) is 4.59. The van der Waals surface area contributed by atoms with Gasteiger partial charge in [0.15, 0.2) is 0 Å². The molecule has 2 aromatic carbocycles. The highest BCUT2D eigenvalue weighted by molar-refractivity contribution is 8.02. The molecule has 132 valence electrons. The van der Waals surface area contributed by atoms with Gasteiger partial charge in [-0.25, -0.2) is 0 Å². The van der Waals surface area contributed by atoms with Crippen LogP contribution in [0.2, 0.25) is 5.02 Å². The van der Waals surface area contributed by atoms with Crippen LogP contribution in [0.5, 0.6) is 0 Å². The Labute approximate surface area is 161 Å². The van der Waals surface area contributed by atoms with Crippen molar-refractivity contribution in [2.45, 2.75) is 11.8 Å². The van der Waals surface area contributed by atoms with Crippen LogP contribution in [0.25, 0.3) is 10.9 Å². The van der Waals surface area contributed by atoms with Crippen molar-refractivity contribution >= 4 is 40.2 Å². The Bertz CT molecular complexity index is 983. The first-order valence-electron chi connectivity index (χ1n) is 8.36. The minimum Gasteiger partial charge on any atom is -0.364 e. The summed E-state index contributed by atoms with van der Waals surface area (Å²) in [6.07, 6.45) is 2.80. The highest BCUT2D eigenvalue weighted by Gasteiger charge is 2.30. The summed E-state index contributed by atoms with van der Waals surface area (Å²) in [6, 6.07) is 16.0. The second-order valence-corrected chi connectivity index (χ2v) is 7.60. The molecule has 1 atom stereocenters. The Morgan fingerprint density at radius 2 is 2.04 bits per heavy atom. The molecule has 4 rings (SSSR count). The zero-order valence-electron chi connectivity index (χ0n) is 14.0. The molecule has 1 aliphatic rings. The van der Waals surface area contributed by atoms with Crippen LogP contribution >= 0.6 is 23.4 Å². The van der Waals surface area contributed by atoms with E-state index < -0.39 is 5.91 Å². The highest BCUT2D eigenvalue weighted by atomic mass is 35.5. The maximum atomic E-state index is 11.9. The van der Waals surface area contributed by atoms with E-state index in [4.69, 9.17) is 17.3 Å². The molecular formula is C20H18ClN3OS. The van der Waals surface area contributed by atoms with Crippen LogP contribution in [0.4, 0.5) is 0 Å². The summed E-state index contributed by atoms with van der Waals surface area (Å²) in [5.41, 5.74) is 9.57. The quantitative estimate of drug-likeness (QED) is 0.684. The third-order valence-corrected chi connectivity index (χ3v) is 5.97. The van der Waals surface area contributed by atoms with Crippen molar-refractivity contribution in [3.05, 3.63) is 82.0 Å². The van der Waals surface area contributed by atoms with Gasteiger partial charge in [-0.2, -0.15) is 0 Å². The smallest absolute Gasteiger partial charge is 0.265 e. The first-order valence-corrected chi connectivity index (χ1v) is 9.68. The lowest BCUT2D eigenvalue weighted by atomic mass is 10.1. The lowest BCUT2D eigenvalue weighted by Crippen LogP contribution is -2.32. The third kappa shape index (κ3) is 3.20. The van der Waals surface area contributed by atoms with E-state index in [1.807, 2.05) is 48.0 Å². The van der Waals surface area contributed by atoms with Gasteiger partial charge in [0.05, 0.1) is 0 Å². The van der Waals surface area contributed by atoms with Crippen LogP contribution in [-0.2, 0) is 11.2 Å². The average molecular weight is 384 g/mol. The minimum absolute atomic E-state index is 0.0625. The Balaban J connectivity index is 1.59. The number of hydrogen-bond acceptors (Lipinski definition) is 3. The fourth-order valence-electron chi connectivity index (χ4n) is 3.31. The zero-order chi connectivity index (χ0) is 18.1. The monoisotopic (exact) mass is 383 g/mol. The number of benzene rings is 2. The van der Waals surface area contributed by atoms with Crippen molar-refractivity contribution in [3.63, 3.8) is 0 Å². The zero-order valence-corrected chi connectivity index (χ0v) is 15.6. The number of aromatic nitrogens is 1. The van der Waals surface area contributed by atoms with E-state index in [1.54, 1.807) is 11.8 Å². The SMILES string of the molecule is NC(=O)C1=CSC(c2ccccc2)N1CCc1c[nH]c2ccc(Cl)cc12. The predicted octanol–water partition coefficient (Wildman–Crippen LogP) is 4.44. The molecule has 1 aromatic heterocycles. The largest absolute Gasteiger partial charge is 0.364 e. The lowest BCUT2D eigenvalue weighted by Gasteiger charge is -2.28. The predicted molar refractivity (Wildman–Crippen MR) is 108 cm³/mol. The van der Waals surface area contributed by atoms with Gasteiger partial charge >= 0.3 is 0 Å². The van der Waals surface area contributed by atoms with Crippen molar-refractivity contribution in [3.8, 4) is 0 Å². The van der Waals surface area contributed by atoms with E-state index >= 15 is 0 Å². The maximum absolute atomic E-state index is 11.9. The summed E-state index contributed by atoms with van der Waals surface area (Å²) in [7, 11) is 0. The van der Waals surface area contributed by atoms with Crippen molar-refractivity contribution in [1.29, 1.82) is 0 Å². The highest BCUT2D eigenvalue weighted by Crippen LogP contribution is 2.42. The van der Waals surface area contributed by atoms with Gasteiger partial charge in [-0.1, -0.05) is 41.9 Å². The molecule has 0 radical (unpaired) electrons. The molecule has 3 aromatic rings. The molecule has 4 nitrogen and oxygen atoms in total. The van der Waals surface area contributed by atoms with Crippen molar-refractivity contribution in [2.75, 3.05) is 6.54 Å². The number of thioether (sulfide) groups is 1. The molecule has 3 N–H and O–H groups in total. The number of nitrogens with two attached hydrogens (primary N) is 1. The molecule has 1 aliphatic heterocycles. The van der Waals surface area contributed by atoms with Crippen LogP contribution in [0.1, 0.15) is 16.5 Å². The maximum Gasteiger partial charge on any atom is 0.265 e. The second kappa shape index (κ2) is 7.09. The van der Waals surface area contributed by atoms with Crippen LogP contribution in [0.3, 0.4) is 0 Å². The molecule has 0 saturated heterocycles. The molecule has 0 aliphatic carbocycles. The number of nitrogens with one attached hydrogen (secondary N) is 1. The number of hydrogen-bond donors (Lipinski definition) is 2. The van der Waals surface area contributed by atoms with Gasteiger partial charge in [-0.15, -0.1) is 11.8 Å². The first-order chi connectivity index (χ1) is 12.6. The standard InChI is InChI=1S/C20H18ClN3OS/c21-15-6-7-17-16(10-15)14(11-23-17)8-9-24-18(19(22)25)12-26-20(24)13-4-2-1-3-5-13/h1-7,10-12,20,23H,8-9H2,(H2,22,25). The molecule has 1 unspecified atom stereocenters. The van der Waals surface area contributed by atoms with Gasteiger partial charge in [-0.05, 0) is 35.7 Å². The lowest BCUT2D eigenvalue weighted by molar-refractivity contribution is -0.116. The van der Waals surface area contributed by atoms with Gasteiger partial charge in [-0.3, -0.25) is 4.79 Å². The van der Waals surface area contributed by atoms with Crippen LogP contribution in [-0.4, -0.2) is 22.3 Å². The van der Waals surface area contributed by atoms with Crippen molar-refractivity contribution in [2.24, 2.45) is 5.73 Å². The molecule has 0 spiro atoms.